The van der Waals surface area contributed by atoms with Crippen LogP contribution in [0.4, 0.5) is 71.0 Å². The van der Waals surface area contributed by atoms with Crippen molar-refractivity contribution in [2.45, 2.75) is 98.1 Å². The quantitative estimate of drug-likeness (QED) is 0.0615. The molecule has 22 nitrogen and oxygen atoms in total. The summed E-state index contributed by atoms with van der Waals surface area (Å²) in [4.78, 5) is 39.1. The van der Waals surface area contributed by atoms with Crippen LogP contribution in [0.15, 0.2) is 322 Å². The molecule has 0 radical (unpaired) electrons. The average molecular weight is 2380 g/mol. The molecule has 0 atom stereocenters. The van der Waals surface area contributed by atoms with Gasteiger partial charge in [-0.1, -0.05) is 378 Å². The molecule has 684 valence electrons. The molecule has 0 aliphatic carbocycles. The molecule has 0 saturated heterocycles. The average Bonchev–Trinajstić information content (AvgIpc) is 1.31. The summed E-state index contributed by atoms with van der Waals surface area (Å²) >= 11 is 13.5. The van der Waals surface area contributed by atoms with Crippen molar-refractivity contribution < 1.29 is 76.4 Å². The van der Waals surface area contributed by atoms with Gasteiger partial charge in [0.25, 0.3) is 0 Å². The third-order valence-corrected chi connectivity index (χ3v) is 22.0. The molecule has 12 aromatic heterocycles. The van der Waals surface area contributed by atoms with Gasteiger partial charge in [0.05, 0.1) is 67.7 Å². The topological polar surface area (TPSA) is 198 Å². The predicted octanol–water partition coefficient (Wildman–Crippen LogP) is 26.1. The molecular weight excluding hydrogens is 2290 g/mol. The molecule has 0 aliphatic rings. The first-order chi connectivity index (χ1) is 64.3. The largest absolute Gasteiger partial charge is 2.00 e. The monoisotopic (exact) mass is 2380 g/mol. The van der Waals surface area contributed by atoms with Crippen molar-refractivity contribution in [2.24, 2.45) is 0 Å². The number of benzene rings is 7. The standard InChI is InChI=1S/C42H39N7.C34H21Cl2N7.C30H25F3N8.3Pt/c1-41(2,3)34-26-28-47(45-34)36-22-14-24-38(43-36)49(39-25-15-23-37(44-39)48-29-27-35(46-48)42(4,5)6)40-32(30-16-9-7-10-17-30)20-13-21-33(40)31-18-11-8-12-19-31;35-26-14-7-15-27(36)34(26)43(32-18-8-16-30(37-32)41-22-20-28(39-41)24-10-3-1-4-11-24)33-19-9-17-31(38-33)42-23-21-29(40-42)25-12-5-2-6-13-25;1-19(2)21-9-6-10-22(20(3)4)29(21)41(28-14-8-12-26(36-28)40-18-16-24(34-5)38-40)27-13-7-11-25(35-27)39-17-15-23(37-39)30(31,32)33;;;/h7-27H,1-6H3;1-21H;6-16,19-20H,1-4H3;;;/q3*-2;3*+2. The second kappa shape index (κ2) is 42.7. The first-order valence-corrected chi connectivity index (χ1v) is 43.5. The van der Waals surface area contributed by atoms with Crippen molar-refractivity contribution in [1.82, 2.24) is 88.6 Å². The van der Waals surface area contributed by atoms with Gasteiger partial charge in [0, 0.05) is 11.1 Å². The Morgan fingerprint density at radius 1 is 0.301 bits per heavy atom. The van der Waals surface area contributed by atoms with E-state index in [1.807, 2.05) is 210 Å². The van der Waals surface area contributed by atoms with Gasteiger partial charge in [0.15, 0.2) is 0 Å². The molecule has 0 unspecified atom stereocenters. The minimum atomic E-state index is -4.60. The number of hydrogen-bond acceptors (Lipinski definition) is 15. The second-order valence-corrected chi connectivity index (χ2v) is 34.3. The number of pyridine rings is 6. The Kier molecular flexibility index (Phi) is 30.8. The molecule has 0 N–H and O–H groups in total. The zero-order valence-corrected chi connectivity index (χ0v) is 83.3. The van der Waals surface area contributed by atoms with E-state index >= 15 is 0 Å². The van der Waals surface area contributed by atoms with Gasteiger partial charge in [0.2, 0.25) is 0 Å². The zero-order chi connectivity index (χ0) is 92.7. The normalized spacial score (nSPS) is 11.3. The summed E-state index contributed by atoms with van der Waals surface area (Å²) in [5, 5.41) is 27.9. The summed E-state index contributed by atoms with van der Waals surface area (Å²) in [6.07, 6.45) is 13.8. The molecule has 0 amide bonds. The fraction of sp³-hybridized carbons (Fsp3) is 0.142. The van der Waals surface area contributed by atoms with Crippen LogP contribution in [-0.4, -0.2) is 88.6 Å². The summed E-state index contributed by atoms with van der Waals surface area (Å²) in [7, 11) is 0. The number of hydrogen-bond donors (Lipinski definition) is 0. The van der Waals surface area contributed by atoms with Gasteiger partial charge in [-0.3, -0.25) is 70.1 Å². The van der Waals surface area contributed by atoms with Crippen LogP contribution in [0.25, 0.3) is 84.5 Å². The molecule has 0 aliphatic heterocycles. The molecule has 0 fully saturated rings. The van der Waals surface area contributed by atoms with Crippen LogP contribution in [-0.2, 0) is 80.2 Å². The Morgan fingerprint density at radius 2 is 0.574 bits per heavy atom. The van der Waals surface area contributed by atoms with Gasteiger partial charge >= 0.3 is 75.2 Å². The molecule has 0 saturated carbocycles. The second-order valence-electron chi connectivity index (χ2n) is 33.5. The maximum absolute atomic E-state index is 13.3. The molecule has 0 spiro atoms. The third-order valence-electron chi connectivity index (χ3n) is 21.4. The van der Waals surface area contributed by atoms with Crippen LogP contribution < -0.4 is 14.7 Å². The number of anilines is 9. The first-order valence-electron chi connectivity index (χ1n) is 42.8. The van der Waals surface area contributed by atoms with E-state index in [4.69, 9.17) is 80.1 Å². The molecule has 30 heteroatoms. The molecule has 19 aromatic rings. The molecule has 19 rings (SSSR count). The molecule has 0 bridgehead atoms. The van der Waals surface area contributed by atoms with E-state index in [1.54, 1.807) is 61.2 Å². The third kappa shape index (κ3) is 22.0. The van der Waals surface area contributed by atoms with Gasteiger partial charge < -0.3 is 28.3 Å². The van der Waals surface area contributed by atoms with Gasteiger partial charge in [0.1, 0.15) is 34.9 Å². The summed E-state index contributed by atoms with van der Waals surface area (Å²) in [5.74, 6) is 6.85. The van der Waals surface area contributed by atoms with Crippen LogP contribution in [0.5, 0.6) is 0 Å². The van der Waals surface area contributed by atoms with Crippen LogP contribution in [0.1, 0.15) is 109 Å². The van der Waals surface area contributed by atoms with Gasteiger partial charge in [-0.2, -0.15) is 13.2 Å². The molecule has 12 heterocycles. The number of alkyl halides is 3. The van der Waals surface area contributed by atoms with E-state index < -0.39 is 11.9 Å². The van der Waals surface area contributed by atoms with Crippen LogP contribution in [0, 0.1) is 43.8 Å². The fourth-order valence-electron chi connectivity index (χ4n) is 14.8. The van der Waals surface area contributed by atoms with E-state index in [1.165, 1.54) is 10.7 Å². The Labute approximate surface area is 839 Å². The minimum Gasteiger partial charge on any atom is -0.343 e. The fourth-order valence-corrected chi connectivity index (χ4v) is 15.3. The molecular formula is C106H85Cl2F3N22Pt3. The maximum Gasteiger partial charge on any atom is 2.00 e. The van der Waals surface area contributed by atoms with E-state index in [0.717, 1.165) is 89.4 Å². The van der Waals surface area contributed by atoms with Gasteiger partial charge in [-0.25, -0.2) is 4.68 Å². The smallest absolute Gasteiger partial charge is 0.343 e. The van der Waals surface area contributed by atoms with E-state index in [2.05, 4.69) is 193 Å². The molecule has 7 aromatic carbocycles. The van der Waals surface area contributed by atoms with Gasteiger partial charge in [-0.15, -0.1) is 30.3 Å². The summed E-state index contributed by atoms with van der Waals surface area (Å²) in [5.41, 5.74) is 12.9. The van der Waals surface area contributed by atoms with E-state index in [9.17, 15) is 13.2 Å². The summed E-state index contributed by atoms with van der Waals surface area (Å²) in [6.45, 7) is 28.5. The van der Waals surface area contributed by atoms with Crippen LogP contribution in [0.3, 0.4) is 0 Å². The van der Waals surface area contributed by atoms with Gasteiger partial charge in [-0.05, 0) is 134 Å². The Balaban J connectivity index is 0.000000162. The van der Waals surface area contributed by atoms with Crippen LogP contribution >= 0.6 is 23.2 Å². The van der Waals surface area contributed by atoms with Crippen molar-refractivity contribution in [3.8, 4) is 79.7 Å². The van der Waals surface area contributed by atoms with E-state index in [-0.39, 0.29) is 97.5 Å². The van der Waals surface area contributed by atoms with Crippen LogP contribution in [0.2, 0.25) is 10.0 Å². The number of aromatic nitrogens is 18. The Bertz CT molecular complexity index is 7020. The zero-order valence-electron chi connectivity index (χ0n) is 74.9. The number of rotatable bonds is 21. The Hall–Kier alpha value is -14.0. The maximum atomic E-state index is 13.3. The number of nitrogens with zero attached hydrogens (tertiary/aromatic N) is 22. The van der Waals surface area contributed by atoms with Crippen molar-refractivity contribution in [3.05, 3.63) is 408 Å². The van der Waals surface area contributed by atoms with Crippen molar-refractivity contribution in [1.29, 1.82) is 0 Å². The summed E-state index contributed by atoms with van der Waals surface area (Å²) in [6, 6.07) is 102. The first kappa shape index (κ1) is 98.0. The van der Waals surface area contributed by atoms with Crippen molar-refractivity contribution >= 4 is 81.0 Å². The summed E-state index contributed by atoms with van der Waals surface area (Å²) < 4.78 is 48.8. The Morgan fingerprint density at radius 3 is 0.882 bits per heavy atom. The minimum absolute atomic E-state index is 0. The van der Waals surface area contributed by atoms with Crippen molar-refractivity contribution in [2.75, 3.05) is 14.7 Å². The van der Waals surface area contributed by atoms with Crippen molar-refractivity contribution in [3.63, 3.8) is 0 Å². The van der Waals surface area contributed by atoms with E-state index in [0.29, 0.717) is 79.7 Å². The number of para-hydroxylation sites is 3. The number of halogens is 5. The predicted molar refractivity (Wildman–Crippen MR) is 514 cm³/mol. The molecule has 136 heavy (non-hydrogen) atoms. The SMILES string of the molecule is CC(C)(C)c1c[c-]n(-c2cccc(N(c3cccc(-n4[c-]cc(C(C)(C)C)n4)n3)c3c(-c4ccccc4)cccc3-c3ccccc3)n2)n1.Clc1cccc(Cl)c1N(c1cccc(-n2[c-]cc(-c3ccccc3)n2)n1)c1cccc(-n2[c-]cc(-c3ccccc3)n2)n1.[C-]#[N+]c1c[c-]n(-c2cccc(N(c3cccc(-n4[c-]cc(C(F)(F)F)n4)n3)c3c(C(C)C)cccc3C(C)C)n2)n1.[Pt+2].[Pt+2].[Pt+2].